The minimum atomic E-state index is -0.0192. The van der Waals surface area contributed by atoms with Gasteiger partial charge in [-0.1, -0.05) is 19.8 Å². The number of amides is 2. The lowest BCUT2D eigenvalue weighted by atomic mass is 9.84. The average molecular weight is 394 g/mol. The Bertz CT molecular complexity index is 608. The minimum Gasteiger partial charge on any atom is -0.349 e. The Labute approximate surface area is 168 Å². The quantitative estimate of drug-likeness (QED) is 0.689. The van der Waals surface area contributed by atoms with Crippen molar-refractivity contribution in [3.8, 4) is 0 Å². The molecule has 1 aliphatic carbocycles. The van der Waals surface area contributed by atoms with Crippen molar-refractivity contribution in [1.29, 1.82) is 0 Å². The van der Waals surface area contributed by atoms with Crippen LogP contribution in [0.25, 0.3) is 0 Å². The number of nitrogens with one attached hydrogen (secondary N) is 3. The van der Waals surface area contributed by atoms with E-state index in [9.17, 15) is 9.59 Å². The normalized spacial score (nSPS) is 19.1. The molecule has 0 radical (unpaired) electrons. The summed E-state index contributed by atoms with van der Waals surface area (Å²) in [5, 5.41) is 9.42. The summed E-state index contributed by atoms with van der Waals surface area (Å²) < 4.78 is 0. The highest BCUT2D eigenvalue weighted by molar-refractivity contribution is 5.96. The van der Waals surface area contributed by atoms with Gasteiger partial charge in [-0.15, -0.1) is 12.4 Å². The summed E-state index contributed by atoms with van der Waals surface area (Å²) in [6.07, 6.45) is 7.41. The number of halogens is 1. The van der Waals surface area contributed by atoms with Crippen LogP contribution in [0, 0.1) is 11.8 Å². The van der Waals surface area contributed by atoms with E-state index in [1.807, 2.05) is 12.1 Å². The molecular weight excluding hydrogens is 362 g/mol. The molecule has 1 aliphatic heterocycles. The van der Waals surface area contributed by atoms with Crippen LogP contribution in [-0.2, 0) is 4.79 Å². The van der Waals surface area contributed by atoms with E-state index in [-0.39, 0.29) is 24.2 Å². The number of benzene rings is 1. The first-order valence-electron chi connectivity index (χ1n) is 10.0. The van der Waals surface area contributed by atoms with Gasteiger partial charge in [-0.3, -0.25) is 9.59 Å². The summed E-state index contributed by atoms with van der Waals surface area (Å²) in [5.74, 6) is 1.06. The number of hydrogen-bond acceptors (Lipinski definition) is 3. The van der Waals surface area contributed by atoms with E-state index < -0.39 is 0 Å². The van der Waals surface area contributed by atoms with E-state index in [2.05, 4.69) is 22.9 Å². The summed E-state index contributed by atoms with van der Waals surface area (Å²) in [4.78, 5) is 24.6. The highest BCUT2D eigenvalue weighted by atomic mass is 35.5. The summed E-state index contributed by atoms with van der Waals surface area (Å²) >= 11 is 0. The third kappa shape index (κ3) is 6.51. The third-order valence-electron chi connectivity index (χ3n) is 5.82. The van der Waals surface area contributed by atoms with E-state index in [0.717, 1.165) is 44.5 Å². The lowest BCUT2D eigenvalue weighted by Crippen LogP contribution is -2.32. The van der Waals surface area contributed by atoms with Crippen molar-refractivity contribution < 1.29 is 9.59 Å². The lowest BCUT2D eigenvalue weighted by Gasteiger charge is -2.27. The zero-order chi connectivity index (χ0) is 18.4. The molecule has 1 unspecified atom stereocenters. The van der Waals surface area contributed by atoms with Gasteiger partial charge in [0, 0.05) is 23.7 Å². The molecule has 1 saturated heterocycles. The number of carbonyl (C=O) groups is 2. The van der Waals surface area contributed by atoms with Crippen LogP contribution in [0.5, 0.6) is 0 Å². The van der Waals surface area contributed by atoms with Crippen LogP contribution >= 0.6 is 12.4 Å². The van der Waals surface area contributed by atoms with Gasteiger partial charge in [0.15, 0.2) is 0 Å². The van der Waals surface area contributed by atoms with E-state index in [1.54, 1.807) is 12.1 Å². The zero-order valence-corrected chi connectivity index (χ0v) is 16.9. The van der Waals surface area contributed by atoms with Crippen molar-refractivity contribution in [2.24, 2.45) is 11.8 Å². The van der Waals surface area contributed by atoms with Gasteiger partial charge in [0.1, 0.15) is 0 Å². The molecule has 1 atom stereocenters. The van der Waals surface area contributed by atoms with Gasteiger partial charge < -0.3 is 16.0 Å². The number of anilines is 1. The van der Waals surface area contributed by atoms with Crippen LogP contribution in [0.3, 0.4) is 0 Å². The molecule has 1 saturated carbocycles. The monoisotopic (exact) mass is 393 g/mol. The second-order valence-electron chi connectivity index (χ2n) is 7.85. The minimum absolute atomic E-state index is 0. The molecule has 3 N–H and O–H groups in total. The highest BCUT2D eigenvalue weighted by Crippen LogP contribution is 2.25. The number of piperidine rings is 1. The standard InChI is InChI=1S/C21H31N3O2.ClH/c1-15(16-10-12-22-13-11-16)14-20(25)23-19-8-6-17(7-9-19)21(26)24-18-4-2-3-5-18;/h6-9,15-16,18,22H,2-5,10-14H2,1H3,(H,23,25)(H,24,26);1H. The molecule has 150 valence electrons. The van der Waals surface area contributed by atoms with Crippen LogP contribution in [0.4, 0.5) is 5.69 Å². The molecule has 2 aliphatic rings. The second kappa shape index (κ2) is 10.7. The van der Waals surface area contributed by atoms with Crippen LogP contribution < -0.4 is 16.0 Å². The van der Waals surface area contributed by atoms with E-state index in [1.165, 1.54) is 12.8 Å². The molecule has 2 amide bonds. The van der Waals surface area contributed by atoms with Gasteiger partial charge in [-0.25, -0.2) is 0 Å². The van der Waals surface area contributed by atoms with Crippen LogP contribution in [0.15, 0.2) is 24.3 Å². The van der Waals surface area contributed by atoms with Crippen molar-refractivity contribution >= 4 is 29.9 Å². The molecule has 0 bridgehead atoms. The van der Waals surface area contributed by atoms with Gasteiger partial charge in [-0.05, 0) is 74.9 Å². The fourth-order valence-corrected chi connectivity index (χ4v) is 4.13. The molecule has 1 aromatic carbocycles. The van der Waals surface area contributed by atoms with Gasteiger partial charge >= 0.3 is 0 Å². The first-order valence-corrected chi connectivity index (χ1v) is 10.0. The fraction of sp³-hybridized carbons (Fsp3) is 0.619. The molecular formula is C21H32ClN3O2. The molecule has 5 nitrogen and oxygen atoms in total. The Morgan fingerprint density at radius 3 is 2.33 bits per heavy atom. The highest BCUT2D eigenvalue weighted by Gasteiger charge is 2.22. The van der Waals surface area contributed by atoms with Gasteiger partial charge in [0.25, 0.3) is 5.91 Å². The number of carbonyl (C=O) groups excluding carboxylic acids is 2. The summed E-state index contributed by atoms with van der Waals surface area (Å²) in [6, 6.07) is 7.53. The second-order valence-corrected chi connectivity index (χ2v) is 7.85. The van der Waals surface area contributed by atoms with Crippen molar-refractivity contribution in [1.82, 2.24) is 10.6 Å². The molecule has 0 aromatic heterocycles. The molecule has 6 heteroatoms. The largest absolute Gasteiger partial charge is 0.349 e. The maximum Gasteiger partial charge on any atom is 0.251 e. The van der Waals surface area contributed by atoms with Crippen LogP contribution in [0.1, 0.15) is 62.2 Å². The van der Waals surface area contributed by atoms with E-state index >= 15 is 0 Å². The smallest absolute Gasteiger partial charge is 0.251 e. The number of hydrogen-bond donors (Lipinski definition) is 3. The Hall–Kier alpha value is -1.59. The molecule has 27 heavy (non-hydrogen) atoms. The Morgan fingerprint density at radius 2 is 1.70 bits per heavy atom. The first kappa shape index (κ1) is 21.7. The topological polar surface area (TPSA) is 70.2 Å². The predicted molar refractivity (Wildman–Crippen MR) is 111 cm³/mol. The summed E-state index contributed by atoms with van der Waals surface area (Å²) in [6.45, 7) is 4.29. The Balaban J connectivity index is 0.00000261. The summed E-state index contributed by atoms with van der Waals surface area (Å²) in [7, 11) is 0. The Morgan fingerprint density at radius 1 is 1.07 bits per heavy atom. The maximum absolute atomic E-state index is 12.3. The average Bonchev–Trinajstić information content (AvgIpc) is 3.16. The van der Waals surface area contributed by atoms with Crippen molar-refractivity contribution in [2.75, 3.05) is 18.4 Å². The van der Waals surface area contributed by atoms with E-state index in [4.69, 9.17) is 0 Å². The van der Waals surface area contributed by atoms with Crippen LogP contribution in [-0.4, -0.2) is 30.9 Å². The molecule has 3 rings (SSSR count). The van der Waals surface area contributed by atoms with Crippen molar-refractivity contribution in [3.05, 3.63) is 29.8 Å². The SMILES string of the molecule is CC(CC(=O)Nc1ccc(C(=O)NC2CCCC2)cc1)C1CCNCC1.Cl. The summed E-state index contributed by atoms with van der Waals surface area (Å²) in [5.41, 5.74) is 1.41. The van der Waals surface area contributed by atoms with Crippen molar-refractivity contribution in [2.45, 2.75) is 57.9 Å². The van der Waals surface area contributed by atoms with Gasteiger partial charge in [0.2, 0.25) is 5.91 Å². The molecule has 1 aromatic rings. The van der Waals surface area contributed by atoms with Crippen LogP contribution in [0.2, 0.25) is 0 Å². The molecule has 0 spiro atoms. The molecule has 1 heterocycles. The predicted octanol–water partition coefficient (Wildman–Crippen LogP) is 3.75. The van der Waals surface area contributed by atoms with Gasteiger partial charge in [0.05, 0.1) is 0 Å². The fourth-order valence-electron chi connectivity index (χ4n) is 4.13. The third-order valence-corrected chi connectivity index (χ3v) is 5.82. The lowest BCUT2D eigenvalue weighted by molar-refractivity contribution is -0.117. The first-order chi connectivity index (χ1) is 12.6. The van der Waals surface area contributed by atoms with Gasteiger partial charge in [-0.2, -0.15) is 0 Å². The van der Waals surface area contributed by atoms with E-state index in [0.29, 0.717) is 29.9 Å². The molecule has 2 fully saturated rings. The number of rotatable bonds is 6. The maximum atomic E-state index is 12.3. The van der Waals surface area contributed by atoms with Crippen molar-refractivity contribution in [3.63, 3.8) is 0 Å². The Kier molecular flexibility index (Phi) is 8.58. The zero-order valence-electron chi connectivity index (χ0n) is 16.1.